The van der Waals surface area contributed by atoms with Crippen LogP contribution in [0.15, 0.2) is 45.6 Å². The number of carbonyl (C=O) groups excluding carboxylic acids is 1. The van der Waals surface area contributed by atoms with Crippen molar-refractivity contribution in [2.24, 2.45) is 0 Å². The summed E-state index contributed by atoms with van der Waals surface area (Å²) < 4.78 is 10.9. The number of fused-ring (bicyclic) bond motifs is 1. The van der Waals surface area contributed by atoms with E-state index in [1.165, 1.54) is 17.0 Å². The van der Waals surface area contributed by atoms with E-state index in [1.807, 2.05) is 6.92 Å². The average Bonchev–Trinajstić information content (AvgIpc) is 3.03. The van der Waals surface area contributed by atoms with E-state index in [1.54, 1.807) is 31.3 Å². The highest BCUT2D eigenvalue weighted by atomic mass is 32.1. The van der Waals surface area contributed by atoms with Crippen LogP contribution in [-0.4, -0.2) is 30.8 Å². The topological polar surface area (TPSA) is 109 Å². The van der Waals surface area contributed by atoms with Crippen molar-refractivity contribution in [3.8, 4) is 5.75 Å². The zero-order chi connectivity index (χ0) is 19.6. The average molecular weight is 388 g/mol. The fraction of sp³-hybridized carbons (Fsp3) is 0.167. The maximum absolute atomic E-state index is 12.5. The van der Waals surface area contributed by atoms with Gasteiger partial charge in [0.2, 0.25) is 0 Å². The number of carboxylic acids is 1. The number of nitrogens with one attached hydrogen (secondary N) is 1. The van der Waals surface area contributed by atoms with Crippen LogP contribution in [0.25, 0.3) is 10.3 Å². The van der Waals surface area contributed by atoms with Crippen molar-refractivity contribution in [2.45, 2.75) is 6.92 Å². The molecule has 3 rings (SSSR count). The summed E-state index contributed by atoms with van der Waals surface area (Å²) in [6, 6.07) is 9.35. The van der Waals surface area contributed by atoms with Crippen LogP contribution in [0.4, 0.5) is 15.5 Å². The maximum atomic E-state index is 12.5. The third kappa shape index (κ3) is 3.93. The number of carbonyl (C=O) groups is 2. The Morgan fingerprint density at radius 2 is 2.07 bits per heavy atom. The SMILES string of the molecule is CCOc1cccc(NC(=O)N(C)c2cc3oc(=O)c(C(=O)O)cc3s2)c1. The largest absolute Gasteiger partial charge is 0.494 e. The van der Waals surface area contributed by atoms with Crippen molar-refractivity contribution in [3.05, 3.63) is 52.4 Å². The third-order valence-electron chi connectivity index (χ3n) is 3.67. The van der Waals surface area contributed by atoms with Gasteiger partial charge in [0.15, 0.2) is 5.58 Å². The highest BCUT2D eigenvalue weighted by Gasteiger charge is 2.18. The van der Waals surface area contributed by atoms with Gasteiger partial charge in [0.25, 0.3) is 0 Å². The molecule has 27 heavy (non-hydrogen) atoms. The lowest BCUT2D eigenvalue weighted by Gasteiger charge is -2.16. The molecule has 0 unspecified atom stereocenters. The highest BCUT2D eigenvalue weighted by Crippen LogP contribution is 2.32. The summed E-state index contributed by atoms with van der Waals surface area (Å²) in [6.45, 7) is 2.39. The number of thiophene rings is 1. The van der Waals surface area contributed by atoms with Crippen molar-refractivity contribution in [2.75, 3.05) is 23.9 Å². The molecule has 0 bridgehead atoms. The Hall–Kier alpha value is -3.33. The molecular weight excluding hydrogens is 372 g/mol. The number of hydrogen-bond acceptors (Lipinski definition) is 6. The Morgan fingerprint density at radius 1 is 1.30 bits per heavy atom. The van der Waals surface area contributed by atoms with Gasteiger partial charge in [-0.2, -0.15) is 0 Å². The van der Waals surface area contributed by atoms with Crippen LogP contribution >= 0.6 is 11.3 Å². The van der Waals surface area contributed by atoms with Gasteiger partial charge >= 0.3 is 17.6 Å². The molecule has 2 amide bonds. The van der Waals surface area contributed by atoms with Crippen LogP contribution in [0.3, 0.4) is 0 Å². The van der Waals surface area contributed by atoms with E-state index in [2.05, 4.69) is 5.32 Å². The second-order valence-corrected chi connectivity index (χ2v) is 6.58. The predicted molar refractivity (Wildman–Crippen MR) is 102 cm³/mol. The van der Waals surface area contributed by atoms with E-state index in [-0.39, 0.29) is 5.58 Å². The number of carboxylic acid groups (broad SMARTS) is 1. The van der Waals surface area contributed by atoms with Crippen molar-refractivity contribution >= 4 is 44.3 Å². The maximum Gasteiger partial charge on any atom is 0.351 e. The van der Waals surface area contributed by atoms with Crippen LogP contribution in [0, 0.1) is 0 Å². The molecule has 0 saturated heterocycles. The minimum atomic E-state index is -1.36. The van der Waals surface area contributed by atoms with Crippen molar-refractivity contribution < 1.29 is 23.8 Å². The molecule has 2 heterocycles. The van der Waals surface area contributed by atoms with E-state index in [9.17, 15) is 14.4 Å². The van der Waals surface area contributed by atoms with Gasteiger partial charge in [0.05, 0.1) is 11.3 Å². The zero-order valence-corrected chi connectivity index (χ0v) is 15.3. The first-order valence-corrected chi connectivity index (χ1v) is 8.79. The fourth-order valence-electron chi connectivity index (χ4n) is 2.35. The summed E-state index contributed by atoms with van der Waals surface area (Å²) in [5.41, 5.74) is -0.587. The van der Waals surface area contributed by atoms with Crippen LogP contribution < -0.4 is 20.6 Å². The number of amides is 2. The molecule has 9 heteroatoms. The summed E-state index contributed by atoms with van der Waals surface area (Å²) in [7, 11) is 1.56. The van der Waals surface area contributed by atoms with Crippen LogP contribution in [-0.2, 0) is 0 Å². The molecule has 0 aliphatic carbocycles. The first kappa shape index (κ1) is 18.5. The number of urea groups is 1. The molecule has 0 aliphatic rings. The minimum Gasteiger partial charge on any atom is -0.494 e. The van der Waals surface area contributed by atoms with E-state index < -0.39 is 23.2 Å². The first-order valence-electron chi connectivity index (χ1n) is 7.97. The van der Waals surface area contributed by atoms with Gasteiger partial charge in [0.1, 0.15) is 16.3 Å². The predicted octanol–water partition coefficient (Wildman–Crippen LogP) is 3.62. The number of anilines is 2. The lowest BCUT2D eigenvalue weighted by Crippen LogP contribution is -2.30. The van der Waals surface area contributed by atoms with Crippen molar-refractivity contribution in [1.82, 2.24) is 0 Å². The standard InChI is InChI=1S/C18H16N2O6S/c1-3-25-11-6-4-5-10(7-11)19-18(24)20(2)15-9-13-14(27-15)8-12(16(21)22)17(23)26-13/h4-9H,3H2,1-2H3,(H,19,24)(H,21,22). The van der Waals surface area contributed by atoms with Crippen LogP contribution in [0.5, 0.6) is 5.75 Å². The summed E-state index contributed by atoms with van der Waals surface area (Å²) >= 11 is 1.14. The molecule has 2 aromatic heterocycles. The molecule has 0 fully saturated rings. The molecule has 0 saturated carbocycles. The van der Waals surface area contributed by atoms with Gasteiger partial charge in [-0.1, -0.05) is 6.07 Å². The molecule has 0 radical (unpaired) electrons. The Bertz CT molecular complexity index is 1070. The van der Waals surface area contributed by atoms with Gasteiger partial charge < -0.3 is 19.6 Å². The van der Waals surface area contributed by atoms with Crippen LogP contribution in [0.1, 0.15) is 17.3 Å². The van der Waals surface area contributed by atoms with Crippen LogP contribution in [0.2, 0.25) is 0 Å². The number of benzene rings is 1. The summed E-state index contributed by atoms with van der Waals surface area (Å²) in [4.78, 5) is 36.6. The molecular formula is C18H16N2O6S. The molecule has 0 spiro atoms. The van der Waals surface area contributed by atoms with Gasteiger partial charge in [-0.3, -0.25) is 4.90 Å². The molecule has 140 valence electrons. The lowest BCUT2D eigenvalue weighted by molar-refractivity contribution is 0.0692. The monoisotopic (exact) mass is 388 g/mol. The minimum absolute atomic E-state index is 0.225. The Morgan fingerprint density at radius 3 is 2.78 bits per heavy atom. The smallest absolute Gasteiger partial charge is 0.351 e. The number of nitrogens with zero attached hydrogens (tertiary/aromatic N) is 1. The quantitative estimate of drug-likeness (QED) is 0.691. The number of hydrogen-bond donors (Lipinski definition) is 2. The Labute approximate surface area is 157 Å². The molecule has 0 atom stereocenters. The van der Waals surface area contributed by atoms with E-state index in [0.717, 1.165) is 11.3 Å². The van der Waals surface area contributed by atoms with E-state index in [4.69, 9.17) is 14.3 Å². The molecule has 1 aromatic carbocycles. The second-order valence-electron chi connectivity index (χ2n) is 5.52. The Balaban J connectivity index is 1.83. The van der Waals surface area contributed by atoms with Gasteiger partial charge in [-0.15, -0.1) is 11.3 Å². The second kappa shape index (κ2) is 7.50. The molecule has 3 aromatic rings. The normalized spacial score (nSPS) is 10.6. The number of rotatable bonds is 5. The van der Waals surface area contributed by atoms with Crippen molar-refractivity contribution in [3.63, 3.8) is 0 Å². The number of aromatic carboxylic acids is 1. The van der Waals surface area contributed by atoms with E-state index in [0.29, 0.717) is 27.7 Å². The summed E-state index contributed by atoms with van der Waals surface area (Å²) in [6.07, 6.45) is 0. The van der Waals surface area contributed by atoms with Crippen molar-refractivity contribution in [1.29, 1.82) is 0 Å². The van der Waals surface area contributed by atoms with Gasteiger partial charge in [-0.05, 0) is 25.1 Å². The molecule has 8 nitrogen and oxygen atoms in total. The molecule has 0 aliphatic heterocycles. The van der Waals surface area contributed by atoms with E-state index >= 15 is 0 Å². The zero-order valence-electron chi connectivity index (χ0n) is 14.5. The lowest BCUT2D eigenvalue weighted by atomic mass is 10.3. The summed E-state index contributed by atoms with van der Waals surface area (Å²) in [5, 5.41) is 12.3. The number of ether oxygens (including phenoxy) is 1. The van der Waals surface area contributed by atoms with Gasteiger partial charge in [0, 0.05) is 24.9 Å². The molecule has 2 N–H and O–H groups in total. The highest BCUT2D eigenvalue weighted by molar-refractivity contribution is 7.22. The summed E-state index contributed by atoms with van der Waals surface area (Å²) in [5.74, 6) is -0.719. The fourth-order valence-corrected chi connectivity index (χ4v) is 3.34. The Kier molecular flexibility index (Phi) is 5.13. The van der Waals surface area contributed by atoms with Gasteiger partial charge in [-0.25, -0.2) is 14.4 Å². The first-order chi connectivity index (χ1) is 12.9. The third-order valence-corrected chi connectivity index (χ3v) is 4.81.